The lowest BCUT2D eigenvalue weighted by atomic mass is 10.1. The molecule has 0 spiro atoms. The molecule has 0 bridgehead atoms. The molecule has 2 rings (SSSR count). The second-order valence-electron chi connectivity index (χ2n) is 5.59. The van der Waals surface area contributed by atoms with Gasteiger partial charge in [-0.3, -0.25) is 9.48 Å². The van der Waals surface area contributed by atoms with Crippen molar-refractivity contribution in [3.05, 3.63) is 52.8 Å². The van der Waals surface area contributed by atoms with Crippen molar-refractivity contribution < 1.29 is 4.79 Å². The average Bonchev–Trinajstić information content (AvgIpc) is 2.76. The standard InChI is InChI=1S/C17H24N4O.2ClH/c1-12-15(13(2)21(3)20-12)9-10-17(22)19-11-16(18)14-7-5-4-6-8-14;;/h4-8,16H,9-11,18H2,1-3H3,(H,19,22);2*1H. The molecular formula is C17H26Cl2N4O. The monoisotopic (exact) mass is 372 g/mol. The number of halogens is 2. The van der Waals surface area contributed by atoms with Crippen molar-refractivity contribution in [2.24, 2.45) is 12.8 Å². The molecule has 2 aromatic rings. The Balaban J connectivity index is 0.00000264. The second kappa shape index (κ2) is 10.3. The van der Waals surface area contributed by atoms with Gasteiger partial charge in [-0.05, 0) is 31.4 Å². The molecule has 1 aromatic carbocycles. The highest BCUT2D eigenvalue weighted by Crippen LogP contribution is 2.14. The molecule has 1 heterocycles. The molecule has 5 nitrogen and oxygen atoms in total. The minimum Gasteiger partial charge on any atom is -0.354 e. The molecule has 0 aliphatic heterocycles. The van der Waals surface area contributed by atoms with E-state index in [-0.39, 0.29) is 36.8 Å². The first kappa shape index (κ1) is 22.4. The highest BCUT2D eigenvalue weighted by atomic mass is 35.5. The number of benzene rings is 1. The minimum absolute atomic E-state index is 0. The van der Waals surface area contributed by atoms with Crippen LogP contribution in [0.5, 0.6) is 0 Å². The topological polar surface area (TPSA) is 72.9 Å². The molecule has 1 amide bonds. The van der Waals surface area contributed by atoms with E-state index in [0.717, 1.165) is 22.5 Å². The summed E-state index contributed by atoms with van der Waals surface area (Å²) in [6, 6.07) is 9.62. The van der Waals surface area contributed by atoms with E-state index >= 15 is 0 Å². The Bertz CT molecular complexity index is 644. The first-order chi connectivity index (χ1) is 10.5. The summed E-state index contributed by atoms with van der Waals surface area (Å²) < 4.78 is 1.86. The van der Waals surface area contributed by atoms with Crippen LogP contribution in [0.3, 0.4) is 0 Å². The van der Waals surface area contributed by atoms with Crippen LogP contribution < -0.4 is 11.1 Å². The van der Waals surface area contributed by atoms with Gasteiger partial charge in [0.1, 0.15) is 0 Å². The Kier molecular flexibility index (Phi) is 9.66. The van der Waals surface area contributed by atoms with E-state index < -0.39 is 0 Å². The predicted molar refractivity (Wildman–Crippen MR) is 102 cm³/mol. The molecule has 1 atom stereocenters. The van der Waals surface area contributed by atoms with E-state index in [2.05, 4.69) is 10.4 Å². The Morgan fingerprint density at radius 2 is 1.88 bits per heavy atom. The number of nitrogens with zero attached hydrogens (tertiary/aromatic N) is 2. The lowest BCUT2D eigenvalue weighted by molar-refractivity contribution is -0.121. The van der Waals surface area contributed by atoms with E-state index in [0.29, 0.717) is 19.4 Å². The van der Waals surface area contributed by atoms with E-state index in [1.54, 1.807) is 0 Å². The third kappa shape index (κ3) is 5.82. The smallest absolute Gasteiger partial charge is 0.220 e. The van der Waals surface area contributed by atoms with Crippen LogP contribution in [0, 0.1) is 13.8 Å². The van der Waals surface area contributed by atoms with Crippen molar-refractivity contribution in [1.29, 1.82) is 0 Å². The number of hydrogen-bond acceptors (Lipinski definition) is 3. The molecule has 0 aliphatic rings. The molecular weight excluding hydrogens is 347 g/mol. The van der Waals surface area contributed by atoms with Gasteiger partial charge < -0.3 is 11.1 Å². The van der Waals surface area contributed by atoms with Crippen molar-refractivity contribution in [2.45, 2.75) is 32.7 Å². The lowest BCUT2D eigenvalue weighted by Crippen LogP contribution is -2.32. The Morgan fingerprint density at radius 3 is 2.42 bits per heavy atom. The van der Waals surface area contributed by atoms with Crippen LogP contribution in [0.4, 0.5) is 0 Å². The molecule has 0 saturated heterocycles. The third-order valence-electron chi connectivity index (χ3n) is 4.01. The molecule has 0 fully saturated rings. The quantitative estimate of drug-likeness (QED) is 0.818. The summed E-state index contributed by atoms with van der Waals surface area (Å²) in [7, 11) is 1.92. The Hall–Kier alpha value is -1.56. The molecule has 3 N–H and O–H groups in total. The summed E-state index contributed by atoms with van der Waals surface area (Å²) in [4.78, 5) is 12.0. The summed E-state index contributed by atoms with van der Waals surface area (Å²) >= 11 is 0. The first-order valence-corrected chi connectivity index (χ1v) is 7.55. The number of hydrogen-bond donors (Lipinski definition) is 2. The maximum Gasteiger partial charge on any atom is 0.220 e. The highest BCUT2D eigenvalue weighted by Gasteiger charge is 2.12. The second-order valence-corrected chi connectivity index (χ2v) is 5.59. The normalized spacial score (nSPS) is 11.2. The summed E-state index contributed by atoms with van der Waals surface area (Å²) in [6.45, 7) is 4.46. The van der Waals surface area contributed by atoms with Gasteiger partial charge in [0.05, 0.1) is 5.69 Å². The van der Waals surface area contributed by atoms with Crippen LogP contribution in [-0.4, -0.2) is 22.2 Å². The van der Waals surface area contributed by atoms with E-state index in [1.165, 1.54) is 0 Å². The third-order valence-corrected chi connectivity index (χ3v) is 4.01. The van der Waals surface area contributed by atoms with Gasteiger partial charge in [-0.15, -0.1) is 24.8 Å². The number of aryl methyl sites for hydroxylation is 2. The fraction of sp³-hybridized carbons (Fsp3) is 0.412. The van der Waals surface area contributed by atoms with Crippen LogP contribution in [0.15, 0.2) is 30.3 Å². The van der Waals surface area contributed by atoms with Gasteiger partial charge in [0.15, 0.2) is 0 Å². The Morgan fingerprint density at radius 1 is 1.25 bits per heavy atom. The molecule has 7 heteroatoms. The number of amides is 1. The molecule has 1 unspecified atom stereocenters. The molecule has 1 aromatic heterocycles. The minimum atomic E-state index is -0.174. The Labute approximate surface area is 155 Å². The molecule has 0 saturated carbocycles. The van der Waals surface area contributed by atoms with Gasteiger partial charge >= 0.3 is 0 Å². The van der Waals surface area contributed by atoms with Gasteiger partial charge in [0.2, 0.25) is 5.91 Å². The van der Waals surface area contributed by atoms with Crippen molar-refractivity contribution in [3.63, 3.8) is 0 Å². The SMILES string of the molecule is Cc1nn(C)c(C)c1CCC(=O)NCC(N)c1ccccc1.Cl.Cl. The van der Waals surface area contributed by atoms with E-state index in [4.69, 9.17) is 5.73 Å². The fourth-order valence-electron chi connectivity index (χ4n) is 2.55. The number of carbonyl (C=O) groups excluding carboxylic acids is 1. The fourth-order valence-corrected chi connectivity index (χ4v) is 2.55. The van der Waals surface area contributed by atoms with Crippen LogP contribution >= 0.6 is 24.8 Å². The van der Waals surface area contributed by atoms with Gasteiger partial charge in [0.25, 0.3) is 0 Å². The summed E-state index contributed by atoms with van der Waals surface area (Å²) in [5, 5.41) is 7.27. The molecule has 0 aliphatic carbocycles. The van der Waals surface area contributed by atoms with Crippen LogP contribution in [-0.2, 0) is 18.3 Å². The maximum absolute atomic E-state index is 12.0. The zero-order valence-corrected chi connectivity index (χ0v) is 15.9. The number of nitrogens with two attached hydrogens (primary N) is 1. The first-order valence-electron chi connectivity index (χ1n) is 7.55. The summed E-state index contributed by atoms with van der Waals surface area (Å²) in [5.41, 5.74) is 10.4. The average molecular weight is 373 g/mol. The number of carbonyl (C=O) groups is 1. The largest absolute Gasteiger partial charge is 0.354 e. The van der Waals surface area contributed by atoms with E-state index in [1.807, 2.05) is 55.9 Å². The lowest BCUT2D eigenvalue weighted by Gasteiger charge is -2.13. The predicted octanol–water partition coefficient (Wildman–Crippen LogP) is 2.63. The van der Waals surface area contributed by atoms with Gasteiger partial charge in [-0.25, -0.2) is 0 Å². The number of rotatable bonds is 6. The number of aromatic nitrogens is 2. The van der Waals surface area contributed by atoms with Crippen molar-refractivity contribution >= 4 is 30.7 Å². The van der Waals surface area contributed by atoms with E-state index in [9.17, 15) is 4.79 Å². The van der Waals surface area contributed by atoms with Crippen molar-refractivity contribution in [1.82, 2.24) is 15.1 Å². The maximum atomic E-state index is 12.0. The molecule has 134 valence electrons. The highest BCUT2D eigenvalue weighted by molar-refractivity contribution is 5.85. The van der Waals surface area contributed by atoms with Gasteiger partial charge in [-0.2, -0.15) is 5.10 Å². The van der Waals surface area contributed by atoms with Gasteiger partial charge in [0, 0.05) is 31.7 Å². The van der Waals surface area contributed by atoms with Crippen LogP contribution in [0.2, 0.25) is 0 Å². The van der Waals surface area contributed by atoms with Crippen LogP contribution in [0.25, 0.3) is 0 Å². The van der Waals surface area contributed by atoms with Gasteiger partial charge in [-0.1, -0.05) is 30.3 Å². The van der Waals surface area contributed by atoms with Crippen molar-refractivity contribution in [3.8, 4) is 0 Å². The zero-order valence-electron chi connectivity index (χ0n) is 14.3. The molecule has 24 heavy (non-hydrogen) atoms. The van der Waals surface area contributed by atoms with Crippen molar-refractivity contribution in [2.75, 3.05) is 6.54 Å². The molecule has 0 radical (unpaired) electrons. The number of nitrogens with one attached hydrogen (secondary N) is 1. The summed E-state index contributed by atoms with van der Waals surface area (Å²) in [5.74, 6) is 0.0223. The van der Waals surface area contributed by atoms with Crippen LogP contribution in [0.1, 0.15) is 35.0 Å². The zero-order chi connectivity index (χ0) is 16.1. The summed E-state index contributed by atoms with van der Waals surface area (Å²) in [6.07, 6.45) is 1.16.